The molecular weight excluding hydrogens is 382 g/mol. The van der Waals surface area contributed by atoms with Gasteiger partial charge >= 0.3 is 11.9 Å². The van der Waals surface area contributed by atoms with Gasteiger partial charge in [0, 0.05) is 16.6 Å². The number of amides is 1. The monoisotopic (exact) mass is 413 g/mol. The second-order valence-corrected chi connectivity index (χ2v) is 8.69. The number of ether oxygens (including phenoxy) is 2. The lowest BCUT2D eigenvalue weighted by Crippen LogP contribution is -2.60. The molecule has 2 rings (SSSR count). The third-order valence-electron chi connectivity index (χ3n) is 5.31. The zero-order valence-corrected chi connectivity index (χ0v) is 18.3. The predicted molar refractivity (Wildman–Crippen MR) is 116 cm³/mol. The molecule has 1 amide bonds. The first-order valence-corrected chi connectivity index (χ1v) is 10.1. The Balaban J connectivity index is 2.52. The van der Waals surface area contributed by atoms with Crippen molar-refractivity contribution in [3.05, 3.63) is 60.2 Å². The number of likely N-dealkylation sites (tertiary alicyclic amines) is 1. The Bertz CT molecular complexity index is 795. The van der Waals surface area contributed by atoms with E-state index in [1.165, 1.54) is 30.4 Å². The van der Waals surface area contributed by atoms with Crippen molar-refractivity contribution >= 4 is 17.8 Å². The molecule has 0 bridgehead atoms. The maximum atomic E-state index is 13.6. The third-order valence-corrected chi connectivity index (χ3v) is 5.31. The molecule has 6 nitrogen and oxygen atoms in total. The number of nitrogens with zero attached hydrogens (tertiary/aromatic N) is 1. The predicted octanol–water partition coefficient (Wildman–Crippen LogP) is 4.56. The van der Waals surface area contributed by atoms with Gasteiger partial charge in [0.15, 0.2) is 0 Å². The molecule has 1 aliphatic rings. The Morgan fingerprint density at radius 2 is 1.27 bits per heavy atom. The fraction of sp³-hybridized carbons (Fsp3) is 0.458. The van der Waals surface area contributed by atoms with Crippen LogP contribution in [0.5, 0.6) is 0 Å². The minimum Gasteiger partial charge on any atom is -0.458 e. The van der Waals surface area contributed by atoms with Crippen LogP contribution in [0.1, 0.15) is 78.0 Å². The lowest BCUT2D eigenvalue weighted by molar-refractivity contribution is -0.0111. The van der Waals surface area contributed by atoms with E-state index >= 15 is 0 Å². The van der Waals surface area contributed by atoms with E-state index in [4.69, 9.17) is 9.47 Å². The van der Waals surface area contributed by atoms with Crippen molar-refractivity contribution < 1.29 is 23.9 Å². The van der Waals surface area contributed by atoms with Crippen LogP contribution in [0.2, 0.25) is 0 Å². The van der Waals surface area contributed by atoms with Gasteiger partial charge in [-0.05, 0) is 65.2 Å². The molecule has 1 aliphatic heterocycles. The summed E-state index contributed by atoms with van der Waals surface area (Å²) < 4.78 is 10.2. The summed E-state index contributed by atoms with van der Waals surface area (Å²) >= 11 is 0. The highest BCUT2D eigenvalue weighted by Gasteiger charge is 2.44. The van der Waals surface area contributed by atoms with Crippen molar-refractivity contribution in [3.63, 3.8) is 0 Å². The van der Waals surface area contributed by atoms with Gasteiger partial charge in [-0.15, -0.1) is 0 Å². The zero-order valence-electron chi connectivity index (χ0n) is 18.3. The molecular formula is C24H31NO5. The Kier molecular flexibility index (Phi) is 7.24. The Morgan fingerprint density at radius 1 is 0.867 bits per heavy atom. The van der Waals surface area contributed by atoms with Crippen LogP contribution in [0.4, 0.5) is 0 Å². The molecule has 1 aromatic carbocycles. The van der Waals surface area contributed by atoms with E-state index < -0.39 is 11.9 Å². The fourth-order valence-corrected chi connectivity index (χ4v) is 4.10. The summed E-state index contributed by atoms with van der Waals surface area (Å²) in [5.41, 5.74) is -0.248. The second kappa shape index (κ2) is 9.28. The molecule has 1 fully saturated rings. The second-order valence-electron chi connectivity index (χ2n) is 8.69. The molecule has 0 aliphatic carbocycles. The molecule has 0 aromatic heterocycles. The smallest absolute Gasteiger partial charge is 0.338 e. The highest BCUT2D eigenvalue weighted by Crippen LogP contribution is 2.39. The van der Waals surface area contributed by atoms with Gasteiger partial charge in [-0.2, -0.15) is 0 Å². The lowest BCUT2D eigenvalue weighted by Gasteiger charge is -2.53. The number of carbonyl (C=O) groups excluding carboxylic acids is 3. The van der Waals surface area contributed by atoms with Gasteiger partial charge in [0.05, 0.1) is 11.1 Å². The zero-order chi connectivity index (χ0) is 22.5. The van der Waals surface area contributed by atoms with Crippen LogP contribution in [0.3, 0.4) is 0 Å². The van der Waals surface area contributed by atoms with Crippen molar-refractivity contribution in [1.82, 2.24) is 4.90 Å². The number of hydrogen-bond acceptors (Lipinski definition) is 5. The standard InChI is InChI=1S/C24H31NO5/c1-7-12-29-21(27)18-14-17(15-19(16-18)22(28)30-13-8-2)20(26)25-23(3,4)10-9-11-24(25,5)6/h7-8,14-16H,1-2,9-13H2,3-6H3. The van der Waals surface area contributed by atoms with Crippen molar-refractivity contribution in [2.75, 3.05) is 13.2 Å². The van der Waals surface area contributed by atoms with Gasteiger partial charge in [0.25, 0.3) is 5.91 Å². The van der Waals surface area contributed by atoms with Gasteiger partial charge < -0.3 is 14.4 Å². The fourth-order valence-electron chi connectivity index (χ4n) is 4.10. The maximum absolute atomic E-state index is 13.6. The Hall–Kier alpha value is -2.89. The molecule has 30 heavy (non-hydrogen) atoms. The molecule has 0 N–H and O–H groups in total. The molecule has 0 atom stereocenters. The molecule has 0 spiro atoms. The summed E-state index contributed by atoms with van der Waals surface area (Å²) in [6.45, 7) is 15.2. The SMILES string of the molecule is C=CCOC(=O)c1cc(C(=O)OCC=C)cc(C(=O)N2C(C)(C)CCCC2(C)C)c1. The molecule has 1 saturated heterocycles. The molecule has 6 heteroatoms. The largest absolute Gasteiger partial charge is 0.458 e. The summed E-state index contributed by atoms with van der Waals surface area (Å²) in [5, 5.41) is 0. The van der Waals surface area contributed by atoms with Crippen molar-refractivity contribution in [3.8, 4) is 0 Å². The van der Waals surface area contributed by atoms with Crippen LogP contribution in [-0.2, 0) is 9.47 Å². The minimum absolute atomic E-state index is 0.0272. The summed E-state index contributed by atoms with van der Waals surface area (Å²) in [4.78, 5) is 40.3. The topological polar surface area (TPSA) is 72.9 Å². The molecule has 1 heterocycles. The lowest BCUT2D eigenvalue weighted by atomic mass is 9.79. The van der Waals surface area contributed by atoms with Gasteiger partial charge in [0.2, 0.25) is 0 Å². The van der Waals surface area contributed by atoms with Gasteiger partial charge in [-0.3, -0.25) is 4.79 Å². The van der Waals surface area contributed by atoms with Gasteiger partial charge in [0.1, 0.15) is 13.2 Å². The number of carbonyl (C=O) groups is 3. The Labute approximate surface area is 178 Å². The normalized spacial score (nSPS) is 17.0. The number of esters is 2. The quantitative estimate of drug-likeness (QED) is 0.484. The molecule has 0 saturated carbocycles. The highest BCUT2D eigenvalue weighted by molar-refractivity contribution is 6.02. The summed E-state index contributed by atoms with van der Waals surface area (Å²) in [6.07, 6.45) is 5.67. The van der Waals surface area contributed by atoms with Crippen LogP contribution in [0, 0.1) is 0 Å². The van der Waals surface area contributed by atoms with Crippen molar-refractivity contribution in [2.24, 2.45) is 0 Å². The van der Waals surface area contributed by atoms with E-state index in [1.807, 2.05) is 32.6 Å². The molecule has 0 unspecified atom stereocenters. The van der Waals surface area contributed by atoms with E-state index in [-0.39, 0.29) is 46.9 Å². The minimum atomic E-state index is -0.639. The van der Waals surface area contributed by atoms with E-state index in [2.05, 4.69) is 13.2 Å². The van der Waals surface area contributed by atoms with Crippen LogP contribution in [0.25, 0.3) is 0 Å². The van der Waals surface area contributed by atoms with Crippen molar-refractivity contribution in [1.29, 1.82) is 0 Å². The molecule has 162 valence electrons. The number of piperidine rings is 1. The first-order valence-electron chi connectivity index (χ1n) is 10.1. The van der Waals surface area contributed by atoms with Gasteiger partial charge in [-0.25, -0.2) is 9.59 Å². The average Bonchev–Trinajstić information content (AvgIpc) is 2.68. The van der Waals surface area contributed by atoms with Crippen LogP contribution in [0.15, 0.2) is 43.5 Å². The average molecular weight is 414 g/mol. The first kappa shape index (κ1) is 23.4. The molecule has 1 aromatic rings. The first-order chi connectivity index (χ1) is 14.0. The van der Waals surface area contributed by atoms with Gasteiger partial charge in [-0.1, -0.05) is 25.3 Å². The number of benzene rings is 1. The summed E-state index contributed by atoms with van der Waals surface area (Å²) in [7, 11) is 0. The van der Waals surface area contributed by atoms with E-state index in [1.54, 1.807) is 0 Å². The van der Waals surface area contributed by atoms with E-state index in [9.17, 15) is 14.4 Å². The summed E-state index contributed by atoms with van der Waals surface area (Å²) in [5.74, 6) is -1.51. The number of hydrogen-bond donors (Lipinski definition) is 0. The van der Waals surface area contributed by atoms with E-state index in [0.29, 0.717) is 0 Å². The third kappa shape index (κ3) is 5.17. The summed E-state index contributed by atoms with van der Waals surface area (Å²) in [6, 6.07) is 4.32. The van der Waals surface area contributed by atoms with Crippen molar-refractivity contribution in [2.45, 2.75) is 58.0 Å². The molecule has 0 radical (unpaired) electrons. The maximum Gasteiger partial charge on any atom is 0.338 e. The number of rotatable bonds is 7. The van der Waals surface area contributed by atoms with E-state index in [0.717, 1.165) is 19.3 Å². The van der Waals surface area contributed by atoms with Crippen LogP contribution < -0.4 is 0 Å². The van der Waals surface area contributed by atoms with Crippen LogP contribution >= 0.6 is 0 Å². The highest BCUT2D eigenvalue weighted by atomic mass is 16.5. The van der Waals surface area contributed by atoms with Crippen LogP contribution in [-0.4, -0.2) is 47.0 Å². The Morgan fingerprint density at radius 3 is 1.67 bits per heavy atom.